The molecule has 0 bridgehead atoms. The summed E-state index contributed by atoms with van der Waals surface area (Å²) in [4.78, 5) is 19.7. The number of imidazole rings is 1. The smallest absolute Gasteiger partial charge is 0.227 e. The fraction of sp³-hybridized carbons (Fsp3) is 0.259. The Kier molecular flexibility index (Phi) is 5.39. The summed E-state index contributed by atoms with van der Waals surface area (Å²) < 4.78 is 8.22. The molecule has 1 fully saturated rings. The van der Waals surface area contributed by atoms with Crippen LogP contribution in [0.5, 0.6) is 5.75 Å². The summed E-state index contributed by atoms with van der Waals surface area (Å²) in [5.74, 6) is 2.02. The van der Waals surface area contributed by atoms with Gasteiger partial charge >= 0.3 is 0 Å². The molecule has 1 amide bonds. The van der Waals surface area contributed by atoms with Crippen molar-refractivity contribution in [2.24, 2.45) is 0 Å². The molecule has 1 aliphatic heterocycles. The molecule has 4 aromatic rings. The van der Waals surface area contributed by atoms with Gasteiger partial charge in [-0.25, -0.2) is 4.98 Å². The van der Waals surface area contributed by atoms with Crippen LogP contribution in [0.1, 0.15) is 29.3 Å². The third-order valence-corrected chi connectivity index (χ3v) is 6.12. The lowest BCUT2D eigenvalue weighted by atomic mass is 10.1. The topological polar surface area (TPSA) is 47.4 Å². The van der Waals surface area contributed by atoms with Crippen molar-refractivity contribution in [3.05, 3.63) is 89.7 Å². The summed E-state index contributed by atoms with van der Waals surface area (Å²) in [7, 11) is 0. The Morgan fingerprint density at radius 1 is 0.938 bits per heavy atom. The molecule has 1 saturated heterocycles. The molecule has 1 aromatic heterocycles. The predicted octanol–water partition coefficient (Wildman–Crippen LogP) is 5.25. The molecule has 32 heavy (non-hydrogen) atoms. The van der Waals surface area contributed by atoms with Crippen LogP contribution in [0.25, 0.3) is 11.0 Å². The van der Waals surface area contributed by atoms with Crippen LogP contribution >= 0.6 is 0 Å². The van der Waals surface area contributed by atoms with Gasteiger partial charge in [0.15, 0.2) is 0 Å². The standard InChI is InChI=1S/C27H27N3O2/c1-19-7-11-22(12-8-19)30-18-21(17-26(30)31)27-28-24-5-3-4-6-25(24)29(27)15-16-32-23-13-9-20(2)10-14-23/h3-14,21H,15-18H2,1-2H3. The van der Waals surface area contributed by atoms with E-state index in [9.17, 15) is 4.79 Å². The number of carbonyl (C=O) groups excluding carboxylic acids is 1. The van der Waals surface area contributed by atoms with Gasteiger partial charge < -0.3 is 14.2 Å². The quantitative estimate of drug-likeness (QED) is 0.424. The van der Waals surface area contributed by atoms with Crippen LogP contribution in [0.15, 0.2) is 72.8 Å². The van der Waals surface area contributed by atoms with Gasteiger partial charge in [-0.2, -0.15) is 0 Å². The van der Waals surface area contributed by atoms with Crippen molar-refractivity contribution < 1.29 is 9.53 Å². The Morgan fingerprint density at radius 2 is 1.62 bits per heavy atom. The van der Waals surface area contributed by atoms with Crippen LogP contribution < -0.4 is 9.64 Å². The molecule has 0 N–H and O–H groups in total. The minimum atomic E-state index is 0.0515. The van der Waals surface area contributed by atoms with Gasteiger partial charge in [-0.1, -0.05) is 47.5 Å². The first-order valence-electron chi connectivity index (χ1n) is 11.1. The Balaban J connectivity index is 1.39. The number of carbonyl (C=O) groups is 1. The lowest BCUT2D eigenvalue weighted by Crippen LogP contribution is -2.24. The lowest BCUT2D eigenvalue weighted by Gasteiger charge is -2.18. The summed E-state index contributed by atoms with van der Waals surface area (Å²) in [6, 6.07) is 24.4. The van der Waals surface area contributed by atoms with Crippen molar-refractivity contribution in [1.29, 1.82) is 0 Å². The largest absolute Gasteiger partial charge is 0.492 e. The SMILES string of the molecule is Cc1ccc(OCCn2c(C3CC(=O)N(c4ccc(C)cc4)C3)nc3ccccc32)cc1. The van der Waals surface area contributed by atoms with Crippen molar-refractivity contribution in [2.45, 2.75) is 32.7 Å². The minimum absolute atomic E-state index is 0.0515. The van der Waals surface area contributed by atoms with Gasteiger partial charge in [-0.15, -0.1) is 0 Å². The van der Waals surface area contributed by atoms with Crippen molar-refractivity contribution in [2.75, 3.05) is 18.1 Å². The van der Waals surface area contributed by atoms with E-state index in [4.69, 9.17) is 9.72 Å². The van der Waals surface area contributed by atoms with Crippen molar-refractivity contribution >= 4 is 22.6 Å². The average Bonchev–Trinajstić information content (AvgIpc) is 3.36. The van der Waals surface area contributed by atoms with Gasteiger partial charge in [-0.05, 0) is 50.2 Å². The summed E-state index contributed by atoms with van der Waals surface area (Å²) in [5.41, 5.74) is 5.39. The number of aromatic nitrogens is 2. The van der Waals surface area contributed by atoms with E-state index in [1.54, 1.807) is 0 Å². The number of para-hydroxylation sites is 2. The third-order valence-electron chi connectivity index (χ3n) is 6.12. The molecular formula is C27H27N3O2. The highest BCUT2D eigenvalue weighted by Gasteiger charge is 2.34. The van der Waals surface area contributed by atoms with E-state index in [0.29, 0.717) is 26.1 Å². The fourth-order valence-electron chi connectivity index (χ4n) is 4.38. The van der Waals surface area contributed by atoms with Gasteiger partial charge in [0.25, 0.3) is 0 Å². The zero-order chi connectivity index (χ0) is 22.1. The zero-order valence-electron chi connectivity index (χ0n) is 18.5. The van der Waals surface area contributed by atoms with Crippen LogP contribution in [-0.4, -0.2) is 28.6 Å². The molecule has 5 rings (SSSR count). The first-order chi connectivity index (χ1) is 15.6. The molecular weight excluding hydrogens is 398 g/mol. The first kappa shape index (κ1) is 20.3. The van der Waals surface area contributed by atoms with Crippen molar-refractivity contribution in [3.8, 4) is 5.75 Å². The highest BCUT2D eigenvalue weighted by atomic mass is 16.5. The van der Waals surface area contributed by atoms with Crippen LogP contribution in [0.4, 0.5) is 5.69 Å². The molecule has 0 aliphatic carbocycles. The number of amides is 1. The number of benzene rings is 3. The number of aryl methyl sites for hydroxylation is 2. The summed E-state index contributed by atoms with van der Waals surface area (Å²) in [6.45, 7) is 5.98. The monoisotopic (exact) mass is 425 g/mol. The molecule has 1 atom stereocenters. The molecule has 0 spiro atoms. The molecule has 5 nitrogen and oxygen atoms in total. The third kappa shape index (κ3) is 3.98. The zero-order valence-corrected chi connectivity index (χ0v) is 18.5. The molecule has 2 heterocycles. The van der Waals surface area contributed by atoms with Gasteiger partial charge in [0.2, 0.25) is 5.91 Å². The number of anilines is 1. The predicted molar refractivity (Wildman–Crippen MR) is 127 cm³/mol. The lowest BCUT2D eigenvalue weighted by molar-refractivity contribution is -0.117. The van der Waals surface area contributed by atoms with E-state index in [2.05, 4.69) is 36.6 Å². The fourth-order valence-corrected chi connectivity index (χ4v) is 4.38. The second kappa shape index (κ2) is 8.50. The van der Waals surface area contributed by atoms with Gasteiger partial charge in [0, 0.05) is 24.6 Å². The molecule has 1 unspecified atom stereocenters. The normalized spacial score (nSPS) is 16.1. The van der Waals surface area contributed by atoms with Crippen LogP contribution in [0, 0.1) is 13.8 Å². The number of hydrogen-bond donors (Lipinski definition) is 0. The molecule has 0 radical (unpaired) electrons. The van der Waals surface area contributed by atoms with Crippen LogP contribution in [-0.2, 0) is 11.3 Å². The first-order valence-corrected chi connectivity index (χ1v) is 11.1. The average molecular weight is 426 g/mol. The van der Waals surface area contributed by atoms with E-state index in [-0.39, 0.29) is 11.8 Å². The minimum Gasteiger partial charge on any atom is -0.492 e. The summed E-state index contributed by atoms with van der Waals surface area (Å²) >= 11 is 0. The van der Waals surface area contributed by atoms with E-state index in [1.807, 2.05) is 59.5 Å². The van der Waals surface area contributed by atoms with E-state index < -0.39 is 0 Å². The Morgan fingerprint density at radius 3 is 2.38 bits per heavy atom. The number of fused-ring (bicyclic) bond motifs is 1. The van der Waals surface area contributed by atoms with Crippen molar-refractivity contribution in [1.82, 2.24) is 9.55 Å². The van der Waals surface area contributed by atoms with Gasteiger partial charge in [0.1, 0.15) is 18.2 Å². The molecule has 0 saturated carbocycles. The number of nitrogens with zero attached hydrogens (tertiary/aromatic N) is 3. The maximum absolute atomic E-state index is 12.9. The summed E-state index contributed by atoms with van der Waals surface area (Å²) in [5, 5.41) is 0. The van der Waals surface area contributed by atoms with Gasteiger partial charge in [-0.3, -0.25) is 4.79 Å². The number of ether oxygens (including phenoxy) is 1. The van der Waals surface area contributed by atoms with Crippen LogP contribution in [0.3, 0.4) is 0 Å². The maximum Gasteiger partial charge on any atom is 0.227 e. The maximum atomic E-state index is 12.9. The van der Waals surface area contributed by atoms with E-state index >= 15 is 0 Å². The number of hydrogen-bond acceptors (Lipinski definition) is 3. The van der Waals surface area contributed by atoms with Gasteiger partial charge in [0.05, 0.1) is 17.6 Å². The summed E-state index contributed by atoms with van der Waals surface area (Å²) in [6.07, 6.45) is 0.468. The second-order valence-electron chi connectivity index (χ2n) is 8.51. The van der Waals surface area contributed by atoms with E-state index in [0.717, 1.165) is 28.3 Å². The molecule has 162 valence electrons. The van der Waals surface area contributed by atoms with Crippen molar-refractivity contribution in [3.63, 3.8) is 0 Å². The second-order valence-corrected chi connectivity index (χ2v) is 8.51. The Labute approximate surface area is 188 Å². The Bertz CT molecular complexity index is 1240. The Hall–Kier alpha value is -3.60. The molecule has 5 heteroatoms. The molecule has 1 aliphatic rings. The highest BCUT2D eigenvalue weighted by Crippen LogP contribution is 2.33. The highest BCUT2D eigenvalue weighted by molar-refractivity contribution is 5.96. The van der Waals surface area contributed by atoms with E-state index in [1.165, 1.54) is 11.1 Å². The molecule has 3 aromatic carbocycles. The number of rotatable bonds is 6. The van der Waals surface area contributed by atoms with Crippen LogP contribution in [0.2, 0.25) is 0 Å².